The number of nitrogens with two attached hydrogens (primary N) is 1. The Hall–Kier alpha value is -1.97. The molecule has 3 aromatic rings. The summed E-state index contributed by atoms with van der Waals surface area (Å²) in [6.45, 7) is 0.250. The summed E-state index contributed by atoms with van der Waals surface area (Å²) in [5, 5.41) is 12.8. The monoisotopic (exact) mass is 368 g/mol. The second-order valence-electron chi connectivity index (χ2n) is 4.07. The molecule has 0 saturated carbocycles. The van der Waals surface area contributed by atoms with Gasteiger partial charge in [0.25, 0.3) is 5.69 Å². The summed E-state index contributed by atoms with van der Waals surface area (Å²) >= 11 is 4.65. The van der Waals surface area contributed by atoms with Crippen molar-refractivity contribution >= 4 is 37.9 Å². The average molecular weight is 369 g/mol. The van der Waals surface area contributed by atoms with E-state index in [1.807, 2.05) is 16.0 Å². The van der Waals surface area contributed by atoms with Gasteiger partial charge >= 0.3 is 0 Å². The second kappa shape index (κ2) is 5.43. The highest BCUT2D eigenvalue weighted by molar-refractivity contribution is 9.10. The van der Waals surface area contributed by atoms with Crippen LogP contribution in [0.15, 0.2) is 34.2 Å². The summed E-state index contributed by atoms with van der Waals surface area (Å²) in [7, 11) is 0. The third-order valence-electron chi connectivity index (χ3n) is 2.86. The molecule has 2 N–H and O–H groups in total. The molecule has 1 aromatic carbocycles. The fourth-order valence-electron chi connectivity index (χ4n) is 1.90. The molecular weight excluding hydrogens is 360 g/mol. The highest BCUT2D eigenvalue weighted by Gasteiger charge is 2.19. The maximum absolute atomic E-state index is 10.9. The number of fused-ring (bicyclic) bond motifs is 1. The lowest BCUT2D eigenvalue weighted by Crippen LogP contribution is -2.02. The Balaban J connectivity index is 2.04. The number of imidazole rings is 1. The molecule has 0 spiro atoms. The van der Waals surface area contributed by atoms with E-state index in [0.717, 1.165) is 4.96 Å². The molecular formula is C12H9BrN4O3S. The molecule has 21 heavy (non-hydrogen) atoms. The van der Waals surface area contributed by atoms with Crippen molar-refractivity contribution in [1.82, 2.24) is 9.38 Å². The highest BCUT2D eigenvalue weighted by atomic mass is 79.9. The normalized spacial score (nSPS) is 11.0. The summed E-state index contributed by atoms with van der Waals surface area (Å²) < 4.78 is 7.82. The van der Waals surface area contributed by atoms with Gasteiger partial charge in [-0.25, -0.2) is 0 Å². The summed E-state index contributed by atoms with van der Waals surface area (Å²) in [6.07, 6.45) is 1.85. The molecule has 0 aliphatic rings. The summed E-state index contributed by atoms with van der Waals surface area (Å²) in [5.41, 5.74) is 6.38. The van der Waals surface area contributed by atoms with E-state index in [4.69, 9.17) is 10.5 Å². The molecule has 0 radical (unpaired) electrons. The van der Waals surface area contributed by atoms with E-state index in [-0.39, 0.29) is 16.7 Å². The van der Waals surface area contributed by atoms with Crippen molar-refractivity contribution in [1.29, 1.82) is 0 Å². The van der Waals surface area contributed by atoms with Crippen LogP contribution >= 0.6 is 27.3 Å². The number of hydrogen-bond donors (Lipinski definition) is 1. The highest BCUT2D eigenvalue weighted by Crippen LogP contribution is 2.37. The number of halogens is 1. The number of ether oxygens (including phenoxy) is 1. The van der Waals surface area contributed by atoms with Gasteiger partial charge in [0.2, 0.25) is 5.88 Å². The number of hydrogen-bond acceptors (Lipinski definition) is 6. The Morgan fingerprint density at radius 3 is 3.05 bits per heavy atom. The van der Waals surface area contributed by atoms with Crippen molar-refractivity contribution in [3.63, 3.8) is 0 Å². The van der Waals surface area contributed by atoms with Gasteiger partial charge in [0, 0.05) is 24.2 Å². The van der Waals surface area contributed by atoms with E-state index in [9.17, 15) is 10.1 Å². The zero-order valence-corrected chi connectivity index (χ0v) is 12.9. The van der Waals surface area contributed by atoms with Gasteiger partial charge < -0.3 is 10.5 Å². The molecule has 0 fully saturated rings. The number of benzene rings is 1. The zero-order valence-electron chi connectivity index (χ0n) is 10.5. The number of thiazole rings is 1. The third-order valence-corrected chi connectivity index (χ3v) is 4.42. The number of nitro groups is 1. The predicted octanol–water partition coefficient (Wildman–Crippen LogP) is 3.32. The van der Waals surface area contributed by atoms with Crippen LogP contribution in [-0.2, 0) is 6.54 Å². The van der Waals surface area contributed by atoms with E-state index in [1.165, 1.54) is 17.4 Å². The van der Waals surface area contributed by atoms with Gasteiger partial charge in [-0.15, -0.1) is 11.3 Å². The molecule has 0 amide bonds. The van der Waals surface area contributed by atoms with Gasteiger partial charge in [0.05, 0.1) is 4.92 Å². The zero-order chi connectivity index (χ0) is 15.0. The minimum atomic E-state index is -0.480. The van der Waals surface area contributed by atoms with Crippen LogP contribution in [0, 0.1) is 10.1 Å². The van der Waals surface area contributed by atoms with Crippen molar-refractivity contribution in [2.24, 2.45) is 5.73 Å². The van der Waals surface area contributed by atoms with Gasteiger partial charge in [0.1, 0.15) is 10.2 Å². The standard InChI is InChI=1S/C12H9BrN4O3S/c13-10-7(17(18)19)2-1-3-9(10)20-11-8(6-14)16-4-5-21-12(16)15-11/h1-5H,6,14H2. The quantitative estimate of drug-likeness (QED) is 0.562. The van der Waals surface area contributed by atoms with E-state index < -0.39 is 4.92 Å². The molecule has 0 aliphatic heterocycles. The molecule has 108 valence electrons. The van der Waals surface area contributed by atoms with E-state index in [2.05, 4.69) is 20.9 Å². The molecule has 9 heteroatoms. The molecule has 0 atom stereocenters. The maximum Gasteiger partial charge on any atom is 0.287 e. The lowest BCUT2D eigenvalue weighted by Gasteiger charge is -2.07. The fourth-order valence-corrected chi connectivity index (χ4v) is 3.12. The van der Waals surface area contributed by atoms with Crippen molar-refractivity contribution < 1.29 is 9.66 Å². The van der Waals surface area contributed by atoms with Crippen LogP contribution in [-0.4, -0.2) is 14.3 Å². The molecule has 2 aromatic heterocycles. The van der Waals surface area contributed by atoms with E-state index in [0.29, 0.717) is 17.3 Å². The van der Waals surface area contributed by atoms with Crippen LogP contribution in [0.3, 0.4) is 0 Å². The molecule has 0 aliphatic carbocycles. The topological polar surface area (TPSA) is 95.7 Å². The number of nitrogens with zero attached hydrogens (tertiary/aromatic N) is 3. The first-order chi connectivity index (χ1) is 10.1. The summed E-state index contributed by atoms with van der Waals surface area (Å²) in [4.78, 5) is 15.6. The van der Waals surface area contributed by atoms with Crippen LogP contribution in [0.4, 0.5) is 5.69 Å². The van der Waals surface area contributed by atoms with Crippen LogP contribution in [0.5, 0.6) is 11.6 Å². The van der Waals surface area contributed by atoms with Crippen LogP contribution < -0.4 is 10.5 Å². The van der Waals surface area contributed by atoms with Crippen molar-refractivity contribution in [2.45, 2.75) is 6.54 Å². The Labute approximate surface area is 131 Å². The number of aromatic nitrogens is 2. The largest absolute Gasteiger partial charge is 0.436 e. The summed E-state index contributed by atoms with van der Waals surface area (Å²) in [5.74, 6) is 0.676. The van der Waals surface area contributed by atoms with E-state index >= 15 is 0 Å². The van der Waals surface area contributed by atoms with Crippen LogP contribution in [0.1, 0.15) is 5.69 Å². The van der Waals surface area contributed by atoms with Crippen molar-refractivity contribution in [2.75, 3.05) is 0 Å². The van der Waals surface area contributed by atoms with Crippen molar-refractivity contribution in [3.05, 3.63) is 50.1 Å². The Morgan fingerprint density at radius 2 is 2.33 bits per heavy atom. The number of nitro benzene ring substituents is 1. The van der Waals surface area contributed by atoms with Gasteiger partial charge in [-0.3, -0.25) is 14.5 Å². The Bertz CT molecular complexity index is 829. The minimum absolute atomic E-state index is 0.0668. The minimum Gasteiger partial charge on any atom is -0.436 e. The lowest BCUT2D eigenvalue weighted by molar-refractivity contribution is -0.385. The first-order valence-corrected chi connectivity index (χ1v) is 7.54. The smallest absolute Gasteiger partial charge is 0.287 e. The lowest BCUT2D eigenvalue weighted by atomic mass is 10.3. The molecule has 3 rings (SSSR count). The molecule has 0 saturated heterocycles. The first-order valence-electron chi connectivity index (χ1n) is 5.87. The first kappa shape index (κ1) is 14.0. The Morgan fingerprint density at radius 1 is 1.52 bits per heavy atom. The SMILES string of the molecule is NCc1c(Oc2cccc([N+](=O)[O-])c2Br)nc2sccn12. The molecule has 7 nitrogen and oxygen atoms in total. The Kier molecular flexibility index (Phi) is 3.62. The van der Waals surface area contributed by atoms with Crippen molar-refractivity contribution in [3.8, 4) is 11.6 Å². The van der Waals surface area contributed by atoms with Crippen LogP contribution in [0.25, 0.3) is 4.96 Å². The molecule has 0 bridgehead atoms. The van der Waals surface area contributed by atoms with Gasteiger partial charge in [-0.2, -0.15) is 4.98 Å². The fraction of sp³-hybridized carbons (Fsp3) is 0.0833. The van der Waals surface area contributed by atoms with Crippen LogP contribution in [0.2, 0.25) is 0 Å². The second-order valence-corrected chi connectivity index (χ2v) is 5.74. The maximum atomic E-state index is 10.9. The van der Waals surface area contributed by atoms with Gasteiger partial charge in [-0.05, 0) is 22.0 Å². The van der Waals surface area contributed by atoms with E-state index in [1.54, 1.807) is 12.1 Å². The molecule has 0 unspecified atom stereocenters. The third kappa shape index (κ3) is 2.39. The van der Waals surface area contributed by atoms with Gasteiger partial charge in [0.15, 0.2) is 10.7 Å². The predicted molar refractivity (Wildman–Crippen MR) is 81.8 cm³/mol. The number of rotatable bonds is 4. The summed E-state index contributed by atoms with van der Waals surface area (Å²) in [6, 6.07) is 4.58. The molecule has 2 heterocycles. The van der Waals surface area contributed by atoms with Gasteiger partial charge in [-0.1, -0.05) is 6.07 Å². The average Bonchev–Trinajstić information content (AvgIpc) is 3.01.